The molecule has 31 heavy (non-hydrogen) atoms. The molecule has 0 aromatic carbocycles. The van der Waals surface area contributed by atoms with E-state index in [9.17, 15) is 19.2 Å². The van der Waals surface area contributed by atoms with E-state index in [1.807, 2.05) is 0 Å². The molecular weight excluding hydrogens is 412 g/mol. The highest BCUT2D eigenvalue weighted by Gasteiger charge is 2.51. The molecule has 2 rings (SSSR count). The first-order valence-corrected chi connectivity index (χ1v) is 9.41. The molecule has 0 radical (unpaired) electrons. The molecule has 1 fully saturated rings. The Morgan fingerprint density at radius 1 is 1.00 bits per heavy atom. The Kier molecular flexibility index (Phi) is 8.62. The van der Waals surface area contributed by atoms with Crippen LogP contribution in [0, 0.1) is 0 Å². The second-order valence-electron chi connectivity index (χ2n) is 6.66. The first-order chi connectivity index (χ1) is 14.7. The van der Waals surface area contributed by atoms with Gasteiger partial charge >= 0.3 is 23.9 Å². The standard InChI is InChI=1S/C20H24N2O9/c1-11(23)27-10-16-18(28-12(2)24)19(29-13(3)25)17(20(31-16)30-14(4)26)22-9-15-6-5-7-21-8-15/h5-9,16-20H,10H2,1-4H3. The maximum atomic E-state index is 11.8. The topological polar surface area (TPSA) is 140 Å². The Bertz CT molecular complexity index is 827. The summed E-state index contributed by atoms with van der Waals surface area (Å²) in [5, 5.41) is 0. The minimum atomic E-state index is -1.30. The molecule has 1 saturated heterocycles. The van der Waals surface area contributed by atoms with Crippen molar-refractivity contribution in [1.29, 1.82) is 0 Å². The van der Waals surface area contributed by atoms with Crippen LogP contribution in [0.1, 0.15) is 33.3 Å². The van der Waals surface area contributed by atoms with Crippen molar-refractivity contribution < 1.29 is 42.9 Å². The van der Waals surface area contributed by atoms with Gasteiger partial charge in [-0.25, -0.2) is 0 Å². The van der Waals surface area contributed by atoms with Gasteiger partial charge in [-0.2, -0.15) is 0 Å². The predicted molar refractivity (Wildman–Crippen MR) is 104 cm³/mol. The first kappa shape index (κ1) is 23.9. The highest BCUT2D eigenvalue weighted by molar-refractivity contribution is 5.79. The average molecular weight is 436 g/mol. The average Bonchev–Trinajstić information content (AvgIpc) is 2.67. The molecule has 0 amide bonds. The van der Waals surface area contributed by atoms with Crippen molar-refractivity contribution in [3.05, 3.63) is 30.1 Å². The third-order valence-electron chi connectivity index (χ3n) is 4.03. The molecule has 1 aromatic rings. The lowest BCUT2D eigenvalue weighted by Crippen LogP contribution is -2.61. The minimum Gasteiger partial charge on any atom is -0.463 e. The van der Waals surface area contributed by atoms with Crippen molar-refractivity contribution in [2.24, 2.45) is 4.99 Å². The van der Waals surface area contributed by atoms with E-state index in [2.05, 4.69) is 9.98 Å². The summed E-state index contributed by atoms with van der Waals surface area (Å²) < 4.78 is 26.7. The normalized spacial score (nSPS) is 25.5. The van der Waals surface area contributed by atoms with Gasteiger partial charge < -0.3 is 23.7 Å². The monoisotopic (exact) mass is 436 g/mol. The molecule has 11 heteroatoms. The number of ether oxygens (including phenoxy) is 5. The molecule has 11 nitrogen and oxygen atoms in total. The van der Waals surface area contributed by atoms with Crippen molar-refractivity contribution in [3.8, 4) is 0 Å². The largest absolute Gasteiger partial charge is 0.463 e. The smallest absolute Gasteiger partial charge is 0.305 e. The number of esters is 4. The van der Waals surface area contributed by atoms with E-state index in [0.717, 1.165) is 0 Å². The van der Waals surface area contributed by atoms with Crippen molar-refractivity contribution >= 4 is 30.1 Å². The van der Waals surface area contributed by atoms with Gasteiger partial charge in [-0.05, 0) is 6.07 Å². The van der Waals surface area contributed by atoms with E-state index in [0.29, 0.717) is 5.56 Å². The van der Waals surface area contributed by atoms with Gasteiger partial charge in [0.1, 0.15) is 12.7 Å². The lowest BCUT2D eigenvalue weighted by Gasteiger charge is -2.42. The molecule has 0 aliphatic carbocycles. The van der Waals surface area contributed by atoms with Crippen LogP contribution in [-0.2, 0) is 42.9 Å². The molecule has 5 atom stereocenters. The maximum absolute atomic E-state index is 11.8. The van der Waals surface area contributed by atoms with E-state index in [-0.39, 0.29) is 6.61 Å². The van der Waals surface area contributed by atoms with Crippen LogP contribution >= 0.6 is 0 Å². The summed E-state index contributed by atoms with van der Waals surface area (Å²) in [5.41, 5.74) is 0.622. The summed E-state index contributed by atoms with van der Waals surface area (Å²) in [5.74, 6) is -2.64. The quantitative estimate of drug-likeness (QED) is 0.339. The summed E-state index contributed by atoms with van der Waals surface area (Å²) in [7, 11) is 0. The van der Waals surface area contributed by atoms with Gasteiger partial charge in [0.25, 0.3) is 0 Å². The molecule has 1 aromatic heterocycles. The van der Waals surface area contributed by atoms with E-state index >= 15 is 0 Å². The predicted octanol–water partition coefficient (Wildman–Crippen LogP) is 0.584. The molecule has 0 N–H and O–H groups in total. The van der Waals surface area contributed by atoms with Crippen LogP contribution in [0.15, 0.2) is 29.5 Å². The fourth-order valence-electron chi connectivity index (χ4n) is 2.93. The fraction of sp³-hybridized carbons (Fsp3) is 0.500. The zero-order valence-corrected chi connectivity index (χ0v) is 17.5. The van der Waals surface area contributed by atoms with Crippen LogP contribution in [0.5, 0.6) is 0 Å². The molecule has 168 valence electrons. The number of carbonyl (C=O) groups excluding carboxylic acids is 4. The zero-order chi connectivity index (χ0) is 23.0. The van der Waals surface area contributed by atoms with E-state index in [1.54, 1.807) is 24.5 Å². The molecule has 0 saturated carbocycles. The first-order valence-electron chi connectivity index (χ1n) is 9.41. The van der Waals surface area contributed by atoms with Crippen LogP contribution < -0.4 is 0 Å². The Morgan fingerprint density at radius 3 is 2.19 bits per heavy atom. The molecule has 1 aliphatic rings. The molecule has 5 unspecified atom stereocenters. The summed E-state index contributed by atoms with van der Waals surface area (Å²) in [6, 6.07) is 2.35. The zero-order valence-electron chi connectivity index (χ0n) is 17.5. The molecule has 0 bridgehead atoms. The Morgan fingerprint density at radius 2 is 1.65 bits per heavy atom. The Hall–Kier alpha value is -3.34. The van der Waals surface area contributed by atoms with Crippen LogP contribution in [-0.4, -0.2) is 72.3 Å². The fourth-order valence-corrected chi connectivity index (χ4v) is 2.93. The second-order valence-corrected chi connectivity index (χ2v) is 6.66. The van der Waals surface area contributed by atoms with E-state index in [1.165, 1.54) is 33.9 Å². The van der Waals surface area contributed by atoms with Gasteiger partial charge in [0, 0.05) is 51.9 Å². The highest BCUT2D eigenvalue weighted by Crippen LogP contribution is 2.30. The van der Waals surface area contributed by atoms with Crippen LogP contribution in [0.2, 0.25) is 0 Å². The van der Waals surface area contributed by atoms with Crippen LogP contribution in [0.4, 0.5) is 0 Å². The second kappa shape index (κ2) is 11.2. The van der Waals surface area contributed by atoms with Gasteiger partial charge in [-0.3, -0.25) is 29.2 Å². The van der Waals surface area contributed by atoms with Crippen LogP contribution in [0.3, 0.4) is 0 Å². The molecule has 2 heterocycles. The lowest BCUT2D eigenvalue weighted by molar-refractivity contribution is -0.266. The molecule has 1 aliphatic heterocycles. The van der Waals surface area contributed by atoms with E-state index < -0.39 is 54.5 Å². The Labute approximate surface area is 178 Å². The number of hydrogen-bond acceptors (Lipinski definition) is 11. The minimum absolute atomic E-state index is 0.331. The highest BCUT2D eigenvalue weighted by atomic mass is 16.7. The summed E-state index contributed by atoms with van der Waals surface area (Å²) >= 11 is 0. The summed E-state index contributed by atoms with van der Waals surface area (Å²) in [6.07, 6.45) is -0.182. The van der Waals surface area contributed by atoms with Crippen molar-refractivity contribution in [2.75, 3.05) is 6.61 Å². The van der Waals surface area contributed by atoms with Crippen molar-refractivity contribution in [1.82, 2.24) is 4.98 Å². The number of pyridine rings is 1. The lowest BCUT2D eigenvalue weighted by atomic mass is 9.96. The number of carbonyl (C=O) groups is 4. The van der Waals surface area contributed by atoms with Crippen molar-refractivity contribution in [2.45, 2.75) is 58.3 Å². The van der Waals surface area contributed by atoms with E-state index in [4.69, 9.17) is 23.7 Å². The third-order valence-corrected chi connectivity index (χ3v) is 4.03. The number of rotatable bonds is 7. The van der Waals surface area contributed by atoms with Gasteiger partial charge in [0.2, 0.25) is 6.29 Å². The van der Waals surface area contributed by atoms with Gasteiger partial charge in [-0.1, -0.05) is 6.07 Å². The number of aromatic nitrogens is 1. The van der Waals surface area contributed by atoms with Gasteiger partial charge in [0.05, 0.1) is 0 Å². The number of aliphatic imine (C=N–C) groups is 1. The van der Waals surface area contributed by atoms with Crippen molar-refractivity contribution in [3.63, 3.8) is 0 Å². The van der Waals surface area contributed by atoms with Crippen LogP contribution in [0.25, 0.3) is 0 Å². The summed E-state index contributed by atoms with van der Waals surface area (Å²) in [4.78, 5) is 54.8. The maximum Gasteiger partial charge on any atom is 0.305 e. The Balaban J connectivity index is 2.45. The molecule has 0 spiro atoms. The third kappa shape index (κ3) is 7.45. The number of hydrogen-bond donors (Lipinski definition) is 0. The van der Waals surface area contributed by atoms with Gasteiger partial charge in [0.15, 0.2) is 18.2 Å². The SMILES string of the molecule is CC(=O)OCC1OC(OC(C)=O)C(N=Cc2cccnc2)C(OC(C)=O)C1OC(C)=O. The summed E-state index contributed by atoms with van der Waals surface area (Å²) in [6.45, 7) is 4.37. The molecular formula is C20H24N2O9. The number of nitrogens with zero attached hydrogens (tertiary/aromatic N) is 2. The van der Waals surface area contributed by atoms with Gasteiger partial charge in [-0.15, -0.1) is 0 Å².